The van der Waals surface area contributed by atoms with Crippen molar-refractivity contribution in [2.24, 2.45) is 0 Å². The Labute approximate surface area is 108 Å². The smallest absolute Gasteiger partial charge is 0.152 e. The van der Waals surface area contributed by atoms with E-state index in [0.717, 1.165) is 41.3 Å². The molecule has 6 heteroatoms. The van der Waals surface area contributed by atoms with E-state index in [9.17, 15) is 0 Å². The van der Waals surface area contributed by atoms with Crippen LogP contribution in [0.2, 0.25) is 0 Å². The minimum Gasteiger partial charge on any atom is -0.346 e. The van der Waals surface area contributed by atoms with Crippen LogP contribution in [0.25, 0.3) is 0 Å². The number of nitrogens with zero attached hydrogens (tertiary/aromatic N) is 5. The van der Waals surface area contributed by atoms with Crippen LogP contribution in [-0.2, 0) is 13.1 Å². The highest BCUT2D eigenvalue weighted by Gasteiger charge is 2.20. The summed E-state index contributed by atoms with van der Waals surface area (Å²) in [6.45, 7) is 4.63. The molecule has 0 fully saturated rings. The average Bonchev–Trinajstić information content (AvgIpc) is 2.75. The van der Waals surface area contributed by atoms with Crippen LogP contribution in [0.5, 0.6) is 0 Å². The third-order valence-electron chi connectivity index (χ3n) is 2.90. The molecule has 2 aromatic rings. The number of rotatable bonds is 1. The Morgan fingerprint density at radius 3 is 3.06 bits per heavy atom. The van der Waals surface area contributed by atoms with Gasteiger partial charge in [0.2, 0.25) is 0 Å². The molecule has 1 aliphatic heterocycles. The maximum atomic E-state index is 4.48. The zero-order chi connectivity index (χ0) is 11.8. The van der Waals surface area contributed by atoms with E-state index in [-0.39, 0.29) is 0 Å². The maximum Gasteiger partial charge on any atom is 0.152 e. The van der Waals surface area contributed by atoms with Crippen LogP contribution in [0.15, 0.2) is 23.1 Å². The van der Waals surface area contributed by atoms with Crippen molar-refractivity contribution in [3.8, 4) is 0 Å². The fraction of sp³-hybridized carbons (Fsp3) is 0.364. The molecule has 1 aliphatic rings. The van der Waals surface area contributed by atoms with E-state index in [2.05, 4.69) is 46.6 Å². The molecule has 5 nitrogen and oxygen atoms in total. The summed E-state index contributed by atoms with van der Waals surface area (Å²) >= 11 is 3.57. The molecule has 0 aliphatic carbocycles. The van der Waals surface area contributed by atoms with Crippen molar-refractivity contribution in [2.75, 3.05) is 11.4 Å². The number of fused-ring (bicyclic) bond motifs is 1. The quantitative estimate of drug-likeness (QED) is 0.804. The molecule has 3 rings (SSSR count). The van der Waals surface area contributed by atoms with Gasteiger partial charge in [0.25, 0.3) is 0 Å². The summed E-state index contributed by atoms with van der Waals surface area (Å²) in [6, 6.07) is 2.08. The molecule has 0 spiro atoms. The molecular formula is C11H12BrN5. The molecule has 0 saturated heterocycles. The van der Waals surface area contributed by atoms with Crippen molar-refractivity contribution in [1.82, 2.24) is 19.7 Å². The SMILES string of the molecule is Cc1cnc(N2CCn3cnnc3C2)c(Br)c1. The minimum absolute atomic E-state index is 0.759. The first-order valence-corrected chi connectivity index (χ1v) is 6.27. The first kappa shape index (κ1) is 10.7. The van der Waals surface area contributed by atoms with E-state index < -0.39 is 0 Å². The fourth-order valence-electron chi connectivity index (χ4n) is 2.01. The van der Waals surface area contributed by atoms with Crippen LogP contribution in [0.1, 0.15) is 11.4 Å². The number of pyridine rings is 1. The number of halogens is 1. The van der Waals surface area contributed by atoms with Gasteiger partial charge in [-0.3, -0.25) is 0 Å². The van der Waals surface area contributed by atoms with Crippen LogP contribution >= 0.6 is 15.9 Å². The highest BCUT2D eigenvalue weighted by atomic mass is 79.9. The van der Waals surface area contributed by atoms with Crippen molar-refractivity contribution in [3.05, 3.63) is 34.5 Å². The van der Waals surface area contributed by atoms with Crippen molar-refractivity contribution in [1.29, 1.82) is 0 Å². The largest absolute Gasteiger partial charge is 0.346 e. The molecule has 0 atom stereocenters. The van der Waals surface area contributed by atoms with Gasteiger partial charge in [0.1, 0.15) is 12.1 Å². The van der Waals surface area contributed by atoms with Crippen LogP contribution in [0.3, 0.4) is 0 Å². The predicted octanol–water partition coefficient (Wildman–Crippen LogP) is 1.76. The third kappa shape index (κ3) is 1.93. The Morgan fingerprint density at radius 2 is 2.24 bits per heavy atom. The second-order valence-electron chi connectivity index (χ2n) is 4.18. The van der Waals surface area contributed by atoms with Gasteiger partial charge in [0.05, 0.1) is 11.0 Å². The summed E-state index contributed by atoms with van der Waals surface area (Å²) in [5, 5.41) is 8.03. The monoisotopic (exact) mass is 293 g/mol. The molecule has 0 unspecified atom stereocenters. The topological polar surface area (TPSA) is 46.8 Å². The predicted molar refractivity (Wildman–Crippen MR) is 67.7 cm³/mol. The van der Waals surface area contributed by atoms with Gasteiger partial charge in [-0.2, -0.15) is 0 Å². The van der Waals surface area contributed by atoms with E-state index >= 15 is 0 Å². The molecule has 0 N–H and O–H groups in total. The lowest BCUT2D eigenvalue weighted by Gasteiger charge is -2.28. The zero-order valence-corrected chi connectivity index (χ0v) is 11.1. The number of hydrogen-bond donors (Lipinski definition) is 0. The normalized spacial score (nSPS) is 14.8. The molecule has 0 aromatic carbocycles. The molecule has 0 radical (unpaired) electrons. The standard InChI is InChI=1S/C11H12BrN5/c1-8-4-9(12)11(13-5-8)16-2-3-17-7-14-15-10(17)6-16/h4-5,7H,2-3,6H2,1H3. The van der Waals surface area contributed by atoms with Crippen LogP contribution in [-0.4, -0.2) is 26.3 Å². The Balaban J connectivity index is 1.91. The van der Waals surface area contributed by atoms with Crippen LogP contribution in [0.4, 0.5) is 5.82 Å². The van der Waals surface area contributed by atoms with Gasteiger partial charge in [-0.1, -0.05) is 0 Å². The molecule has 0 bridgehead atoms. The lowest BCUT2D eigenvalue weighted by molar-refractivity contribution is 0.555. The molecule has 17 heavy (non-hydrogen) atoms. The summed E-state index contributed by atoms with van der Waals surface area (Å²) < 4.78 is 3.11. The highest BCUT2D eigenvalue weighted by molar-refractivity contribution is 9.10. The van der Waals surface area contributed by atoms with E-state index in [1.807, 2.05) is 13.1 Å². The summed E-state index contributed by atoms with van der Waals surface area (Å²) in [5.74, 6) is 1.97. The molecule has 88 valence electrons. The second-order valence-corrected chi connectivity index (χ2v) is 5.03. The van der Waals surface area contributed by atoms with E-state index in [0.29, 0.717) is 0 Å². The maximum absolute atomic E-state index is 4.48. The van der Waals surface area contributed by atoms with E-state index in [1.165, 1.54) is 0 Å². The van der Waals surface area contributed by atoms with Crippen LogP contribution < -0.4 is 4.90 Å². The van der Waals surface area contributed by atoms with Crippen molar-refractivity contribution in [2.45, 2.75) is 20.0 Å². The van der Waals surface area contributed by atoms with Gasteiger partial charge in [-0.25, -0.2) is 4.98 Å². The number of hydrogen-bond acceptors (Lipinski definition) is 4. The average molecular weight is 294 g/mol. The van der Waals surface area contributed by atoms with Crippen LogP contribution in [0, 0.1) is 6.92 Å². The first-order valence-electron chi connectivity index (χ1n) is 5.48. The van der Waals surface area contributed by atoms with Crippen molar-refractivity contribution >= 4 is 21.7 Å². The summed E-state index contributed by atoms with van der Waals surface area (Å²) in [5.41, 5.74) is 1.15. The summed E-state index contributed by atoms with van der Waals surface area (Å²) in [6.07, 6.45) is 3.67. The lowest BCUT2D eigenvalue weighted by atomic mass is 10.3. The molecule has 0 saturated carbocycles. The second kappa shape index (κ2) is 4.10. The number of aryl methyl sites for hydroxylation is 1. The first-order chi connectivity index (χ1) is 8.24. The molecule has 0 amide bonds. The highest BCUT2D eigenvalue weighted by Crippen LogP contribution is 2.26. The van der Waals surface area contributed by atoms with Gasteiger partial charge in [0.15, 0.2) is 5.82 Å². The van der Waals surface area contributed by atoms with Crippen molar-refractivity contribution < 1.29 is 0 Å². The Bertz CT molecular complexity index is 551. The van der Waals surface area contributed by atoms with E-state index in [1.54, 1.807) is 6.33 Å². The Kier molecular flexibility index (Phi) is 2.58. The zero-order valence-electron chi connectivity index (χ0n) is 9.47. The lowest BCUT2D eigenvalue weighted by Crippen LogP contribution is -2.34. The molecule has 2 aromatic heterocycles. The van der Waals surface area contributed by atoms with Gasteiger partial charge in [0, 0.05) is 19.3 Å². The van der Waals surface area contributed by atoms with Gasteiger partial charge < -0.3 is 9.47 Å². The summed E-state index contributed by atoms with van der Waals surface area (Å²) in [4.78, 5) is 6.70. The molecule has 3 heterocycles. The summed E-state index contributed by atoms with van der Waals surface area (Å²) in [7, 11) is 0. The van der Waals surface area contributed by atoms with Gasteiger partial charge in [-0.15, -0.1) is 10.2 Å². The number of aromatic nitrogens is 4. The Morgan fingerprint density at radius 1 is 1.35 bits per heavy atom. The third-order valence-corrected chi connectivity index (χ3v) is 3.48. The number of anilines is 1. The van der Waals surface area contributed by atoms with Gasteiger partial charge >= 0.3 is 0 Å². The van der Waals surface area contributed by atoms with Gasteiger partial charge in [-0.05, 0) is 34.5 Å². The van der Waals surface area contributed by atoms with Crippen molar-refractivity contribution in [3.63, 3.8) is 0 Å². The minimum atomic E-state index is 0.759. The fourth-order valence-corrected chi connectivity index (χ4v) is 2.72. The van der Waals surface area contributed by atoms with E-state index in [4.69, 9.17) is 0 Å². The Hall–Kier alpha value is -1.43. The molecular weight excluding hydrogens is 282 g/mol.